The van der Waals surface area contributed by atoms with E-state index in [1.165, 1.54) is 38.5 Å². The first-order chi connectivity index (χ1) is 13.5. The van der Waals surface area contributed by atoms with Gasteiger partial charge in [0.15, 0.2) is 18.1 Å². The monoisotopic (exact) mass is 385 g/mol. The first-order valence-corrected chi connectivity index (χ1v) is 10.4. The zero-order valence-corrected chi connectivity index (χ0v) is 16.2. The van der Waals surface area contributed by atoms with Crippen LogP contribution in [-0.2, 0) is 9.53 Å². The third-order valence-corrected chi connectivity index (χ3v) is 7.32. The summed E-state index contributed by atoms with van der Waals surface area (Å²) in [4.78, 5) is 24.7. The second-order valence-corrected chi connectivity index (χ2v) is 9.21. The van der Waals surface area contributed by atoms with Crippen molar-refractivity contribution in [1.82, 2.24) is 5.32 Å². The van der Waals surface area contributed by atoms with Gasteiger partial charge in [-0.05, 0) is 86.8 Å². The van der Waals surface area contributed by atoms with Crippen molar-refractivity contribution in [3.8, 4) is 11.5 Å². The summed E-state index contributed by atoms with van der Waals surface area (Å²) < 4.78 is 15.7. The van der Waals surface area contributed by atoms with Crippen LogP contribution in [0.4, 0.5) is 0 Å². The summed E-state index contributed by atoms with van der Waals surface area (Å²) >= 11 is 0. The van der Waals surface area contributed by atoms with Crippen LogP contribution < -0.4 is 14.8 Å². The van der Waals surface area contributed by atoms with Crippen molar-refractivity contribution in [1.29, 1.82) is 0 Å². The number of carbonyl (C=O) groups is 2. The number of ether oxygens (including phenoxy) is 3. The SMILES string of the molecule is CC(NC(=O)COC(=O)c1ccc2c(c1)OCO2)C12CC3CC(CC(C3)C1)C2. The average molecular weight is 385 g/mol. The lowest BCUT2D eigenvalue weighted by atomic mass is 9.48. The minimum Gasteiger partial charge on any atom is -0.454 e. The Kier molecular flexibility index (Phi) is 4.25. The van der Waals surface area contributed by atoms with Crippen LogP contribution >= 0.6 is 0 Å². The number of esters is 1. The van der Waals surface area contributed by atoms with Crippen molar-refractivity contribution in [2.24, 2.45) is 23.2 Å². The third kappa shape index (κ3) is 3.12. The van der Waals surface area contributed by atoms with E-state index in [1.54, 1.807) is 18.2 Å². The second-order valence-electron chi connectivity index (χ2n) is 9.21. The molecule has 1 aromatic rings. The fraction of sp³-hybridized carbons (Fsp3) is 0.636. The Morgan fingerprint density at radius 3 is 2.43 bits per heavy atom. The number of carbonyl (C=O) groups excluding carboxylic acids is 2. The maximum Gasteiger partial charge on any atom is 0.338 e. The Morgan fingerprint density at radius 2 is 1.75 bits per heavy atom. The Hall–Kier alpha value is -2.24. The van der Waals surface area contributed by atoms with Gasteiger partial charge in [0, 0.05) is 6.04 Å². The predicted octanol–water partition coefficient (Wildman–Crippen LogP) is 3.29. The predicted molar refractivity (Wildman–Crippen MR) is 101 cm³/mol. The number of amides is 1. The summed E-state index contributed by atoms with van der Waals surface area (Å²) in [6.07, 6.45) is 7.85. The highest BCUT2D eigenvalue weighted by Crippen LogP contribution is 2.61. The lowest BCUT2D eigenvalue weighted by Crippen LogP contribution is -2.56. The molecule has 28 heavy (non-hydrogen) atoms. The van der Waals surface area contributed by atoms with Crippen LogP contribution in [0.3, 0.4) is 0 Å². The largest absolute Gasteiger partial charge is 0.454 e. The molecule has 1 heterocycles. The Bertz CT molecular complexity index is 769. The Labute approximate surface area is 164 Å². The summed E-state index contributed by atoms with van der Waals surface area (Å²) in [6.45, 7) is 2.02. The zero-order valence-electron chi connectivity index (χ0n) is 16.2. The molecule has 4 saturated carbocycles. The van der Waals surface area contributed by atoms with E-state index in [2.05, 4.69) is 12.2 Å². The first-order valence-electron chi connectivity index (χ1n) is 10.4. The number of rotatable bonds is 5. The van der Waals surface area contributed by atoms with Crippen LogP contribution in [0.1, 0.15) is 55.8 Å². The topological polar surface area (TPSA) is 73.9 Å². The van der Waals surface area contributed by atoms with Gasteiger partial charge in [0.2, 0.25) is 6.79 Å². The molecule has 1 aromatic carbocycles. The minimum absolute atomic E-state index is 0.123. The van der Waals surface area contributed by atoms with Crippen molar-refractivity contribution in [2.75, 3.05) is 13.4 Å². The normalized spacial score (nSPS) is 32.8. The highest BCUT2D eigenvalue weighted by molar-refractivity contribution is 5.92. The molecule has 0 saturated heterocycles. The summed E-state index contributed by atoms with van der Waals surface area (Å²) in [5, 5.41) is 3.12. The maximum atomic E-state index is 12.4. The molecule has 1 atom stereocenters. The average Bonchev–Trinajstić information content (AvgIpc) is 3.12. The van der Waals surface area contributed by atoms with Gasteiger partial charge in [0.1, 0.15) is 0 Å². The van der Waals surface area contributed by atoms with Gasteiger partial charge in [-0.3, -0.25) is 4.79 Å². The minimum atomic E-state index is -0.532. The first kappa shape index (κ1) is 17.8. The van der Waals surface area contributed by atoms with Crippen molar-refractivity contribution < 1.29 is 23.8 Å². The molecule has 1 unspecified atom stereocenters. The van der Waals surface area contributed by atoms with Gasteiger partial charge < -0.3 is 19.5 Å². The van der Waals surface area contributed by atoms with Gasteiger partial charge in [-0.2, -0.15) is 0 Å². The molecule has 5 aliphatic rings. The van der Waals surface area contributed by atoms with Crippen LogP contribution in [0.2, 0.25) is 0 Å². The summed E-state index contributed by atoms with van der Waals surface area (Å²) in [7, 11) is 0. The van der Waals surface area contributed by atoms with E-state index in [9.17, 15) is 9.59 Å². The standard InChI is InChI=1S/C22H27NO5/c1-13(22-8-14-4-15(9-22)6-16(5-14)10-22)23-20(24)11-26-21(25)17-2-3-18-19(7-17)28-12-27-18/h2-3,7,13-16H,4-6,8-12H2,1H3,(H,23,24). The number of nitrogens with one attached hydrogen (secondary N) is 1. The van der Waals surface area contributed by atoms with Crippen molar-refractivity contribution in [3.05, 3.63) is 23.8 Å². The van der Waals surface area contributed by atoms with E-state index in [4.69, 9.17) is 14.2 Å². The van der Waals surface area contributed by atoms with Crippen LogP contribution in [0.15, 0.2) is 18.2 Å². The molecule has 1 N–H and O–H groups in total. The fourth-order valence-corrected chi connectivity index (χ4v) is 6.38. The molecule has 6 rings (SSSR count). The van der Waals surface area contributed by atoms with Gasteiger partial charge in [0.05, 0.1) is 5.56 Å². The van der Waals surface area contributed by atoms with Crippen LogP contribution in [0, 0.1) is 23.2 Å². The molecule has 1 aliphatic heterocycles. The molecule has 6 nitrogen and oxygen atoms in total. The van der Waals surface area contributed by atoms with Crippen LogP contribution in [0.25, 0.3) is 0 Å². The number of hydrogen-bond acceptors (Lipinski definition) is 5. The molecule has 1 amide bonds. The van der Waals surface area contributed by atoms with E-state index in [1.807, 2.05) is 0 Å². The molecule has 0 spiro atoms. The maximum absolute atomic E-state index is 12.4. The molecule has 0 aromatic heterocycles. The fourth-order valence-electron chi connectivity index (χ4n) is 6.38. The highest BCUT2D eigenvalue weighted by Gasteiger charge is 2.53. The lowest BCUT2D eigenvalue weighted by molar-refractivity contribution is -0.128. The van der Waals surface area contributed by atoms with Gasteiger partial charge in [0.25, 0.3) is 5.91 Å². The highest BCUT2D eigenvalue weighted by atomic mass is 16.7. The third-order valence-electron chi connectivity index (χ3n) is 7.32. The van der Waals surface area contributed by atoms with E-state index >= 15 is 0 Å². The molecule has 0 radical (unpaired) electrons. The zero-order chi connectivity index (χ0) is 19.3. The van der Waals surface area contributed by atoms with Crippen molar-refractivity contribution in [2.45, 2.75) is 51.5 Å². The molecule has 150 valence electrons. The second kappa shape index (κ2) is 6.68. The van der Waals surface area contributed by atoms with Crippen molar-refractivity contribution in [3.63, 3.8) is 0 Å². The quantitative estimate of drug-likeness (QED) is 0.788. The number of benzene rings is 1. The molecule has 4 fully saturated rings. The van der Waals surface area contributed by atoms with Gasteiger partial charge >= 0.3 is 5.97 Å². The van der Waals surface area contributed by atoms with E-state index in [-0.39, 0.29) is 30.8 Å². The molecule has 6 heteroatoms. The van der Waals surface area contributed by atoms with Gasteiger partial charge in [-0.25, -0.2) is 4.79 Å². The van der Waals surface area contributed by atoms with Gasteiger partial charge in [-0.15, -0.1) is 0 Å². The molecular formula is C22H27NO5. The number of hydrogen-bond donors (Lipinski definition) is 1. The summed E-state index contributed by atoms with van der Waals surface area (Å²) in [6, 6.07) is 5.00. The van der Waals surface area contributed by atoms with E-state index in [0.29, 0.717) is 17.1 Å². The number of fused-ring (bicyclic) bond motifs is 1. The molecule has 4 aliphatic carbocycles. The van der Waals surface area contributed by atoms with Crippen molar-refractivity contribution >= 4 is 11.9 Å². The molecular weight excluding hydrogens is 358 g/mol. The summed E-state index contributed by atoms with van der Waals surface area (Å²) in [5.41, 5.74) is 0.595. The van der Waals surface area contributed by atoms with E-state index in [0.717, 1.165) is 17.8 Å². The van der Waals surface area contributed by atoms with Crippen LogP contribution in [0.5, 0.6) is 11.5 Å². The lowest BCUT2D eigenvalue weighted by Gasteiger charge is -2.59. The Morgan fingerprint density at radius 1 is 1.11 bits per heavy atom. The van der Waals surface area contributed by atoms with Crippen LogP contribution in [-0.4, -0.2) is 31.3 Å². The molecule has 4 bridgehead atoms. The Balaban J connectivity index is 1.16. The summed E-state index contributed by atoms with van der Waals surface area (Å²) in [5.74, 6) is 2.90. The smallest absolute Gasteiger partial charge is 0.338 e. The van der Waals surface area contributed by atoms with Gasteiger partial charge in [-0.1, -0.05) is 0 Å². The van der Waals surface area contributed by atoms with E-state index < -0.39 is 5.97 Å².